The lowest BCUT2D eigenvalue weighted by atomic mass is 9.85. The highest BCUT2D eigenvalue weighted by molar-refractivity contribution is 5.20. The summed E-state index contributed by atoms with van der Waals surface area (Å²) in [7, 11) is 4.21. The molecular formula is C16H28N2O. The number of nitrogens with one attached hydrogen (secondary N) is 1. The SMILES string of the molecule is CNCc1cc(CN(C)C2CCCCC2C)oc1C. The Morgan fingerprint density at radius 1 is 1.37 bits per heavy atom. The van der Waals surface area contributed by atoms with Gasteiger partial charge in [0.25, 0.3) is 0 Å². The Kier molecular flexibility index (Phi) is 5.06. The molecule has 108 valence electrons. The van der Waals surface area contributed by atoms with E-state index in [1.807, 2.05) is 7.05 Å². The predicted molar refractivity (Wildman–Crippen MR) is 79.1 cm³/mol. The molecule has 1 aliphatic rings. The third-order valence-electron chi connectivity index (χ3n) is 4.48. The fourth-order valence-corrected chi connectivity index (χ4v) is 3.35. The topological polar surface area (TPSA) is 28.4 Å². The van der Waals surface area contributed by atoms with E-state index in [0.29, 0.717) is 6.04 Å². The van der Waals surface area contributed by atoms with E-state index in [0.717, 1.165) is 30.5 Å². The van der Waals surface area contributed by atoms with Gasteiger partial charge in [-0.05, 0) is 45.8 Å². The normalized spacial score (nSPS) is 24.1. The highest BCUT2D eigenvalue weighted by Gasteiger charge is 2.25. The summed E-state index contributed by atoms with van der Waals surface area (Å²) in [5, 5.41) is 3.19. The summed E-state index contributed by atoms with van der Waals surface area (Å²) < 4.78 is 5.88. The second-order valence-electron chi connectivity index (χ2n) is 6.07. The summed E-state index contributed by atoms with van der Waals surface area (Å²) in [5.41, 5.74) is 1.28. The number of nitrogens with zero attached hydrogens (tertiary/aromatic N) is 1. The maximum absolute atomic E-state index is 5.88. The summed E-state index contributed by atoms with van der Waals surface area (Å²) in [6.07, 6.45) is 5.48. The quantitative estimate of drug-likeness (QED) is 0.884. The minimum atomic E-state index is 0.715. The van der Waals surface area contributed by atoms with Crippen LogP contribution in [0.25, 0.3) is 0 Å². The Labute approximate surface area is 117 Å². The third kappa shape index (κ3) is 3.61. The molecule has 3 nitrogen and oxygen atoms in total. The number of rotatable bonds is 5. The molecule has 1 fully saturated rings. The molecule has 1 aromatic rings. The Morgan fingerprint density at radius 3 is 2.79 bits per heavy atom. The zero-order chi connectivity index (χ0) is 13.8. The molecule has 1 aliphatic carbocycles. The molecule has 1 saturated carbocycles. The Bertz CT molecular complexity index is 399. The number of hydrogen-bond donors (Lipinski definition) is 1. The number of furan rings is 1. The highest BCUT2D eigenvalue weighted by Crippen LogP contribution is 2.28. The van der Waals surface area contributed by atoms with Crippen LogP contribution >= 0.6 is 0 Å². The largest absolute Gasteiger partial charge is 0.465 e. The van der Waals surface area contributed by atoms with Gasteiger partial charge in [0.1, 0.15) is 11.5 Å². The first-order valence-corrected chi connectivity index (χ1v) is 7.55. The Balaban J connectivity index is 1.97. The van der Waals surface area contributed by atoms with Gasteiger partial charge in [0.05, 0.1) is 6.54 Å². The van der Waals surface area contributed by atoms with Gasteiger partial charge in [0.2, 0.25) is 0 Å². The van der Waals surface area contributed by atoms with Gasteiger partial charge >= 0.3 is 0 Å². The van der Waals surface area contributed by atoms with E-state index in [9.17, 15) is 0 Å². The monoisotopic (exact) mass is 264 g/mol. The molecule has 0 bridgehead atoms. The van der Waals surface area contributed by atoms with E-state index in [1.165, 1.54) is 31.2 Å². The van der Waals surface area contributed by atoms with E-state index in [-0.39, 0.29) is 0 Å². The van der Waals surface area contributed by atoms with E-state index < -0.39 is 0 Å². The second kappa shape index (κ2) is 6.58. The van der Waals surface area contributed by atoms with E-state index in [1.54, 1.807) is 0 Å². The summed E-state index contributed by atoms with van der Waals surface area (Å²) >= 11 is 0. The summed E-state index contributed by atoms with van der Waals surface area (Å²) in [6, 6.07) is 2.92. The zero-order valence-corrected chi connectivity index (χ0v) is 12.8. The summed E-state index contributed by atoms with van der Waals surface area (Å²) in [4.78, 5) is 2.48. The van der Waals surface area contributed by atoms with Crippen molar-refractivity contribution in [2.45, 2.75) is 58.7 Å². The molecule has 3 heteroatoms. The van der Waals surface area contributed by atoms with Crippen LogP contribution in [0.3, 0.4) is 0 Å². The molecule has 0 spiro atoms. The first-order valence-electron chi connectivity index (χ1n) is 7.55. The van der Waals surface area contributed by atoms with Crippen molar-refractivity contribution >= 4 is 0 Å². The molecule has 2 unspecified atom stereocenters. The lowest BCUT2D eigenvalue weighted by Crippen LogP contribution is -2.38. The minimum absolute atomic E-state index is 0.715. The van der Waals surface area contributed by atoms with Gasteiger partial charge in [-0.2, -0.15) is 0 Å². The lowest BCUT2D eigenvalue weighted by molar-refractivity contribution is 0.125. The number of hydrogen-bond acceptors (Lipinski definition) is 3. The Morgan fingerprint density at radius 2 is 2.11 bits per heavy atom. The molecule has 0 aliphatic heterocycles. The second-order valence-corrected chi connectivity index (χ2v) is 6.07. The van der Waals surface area contributed by atoms with Crippen molar-refractivity contribution in [3.8, 4) is 0 Å². The molecule has 2 rings (SSSR count). The van der Waals surface area contributed by atoms with Crippen molar-refractivity contribution in [3.05, 3.63) is 23.2 Å². The summed E-state index contributed by atoms with van der Waals surface area (Å²) in [6.45, 7) is 6.26. The van der Waals surface area contributed by atoms with Gasteiger partial charge in [-0.3, -0.25) is 4.90 Å². The van der Waals surface area contributed by atoms with Crippen molar-refractivity contribution in [2.75, 3.05) is 14.1 Å². The van der Waals surface area contributed by atoms with Crippen molar-refractivity contribution < 1.29 is 4.42 Å². The first-order chi connectivity index (χ1) is 9.11. The van der Waals surface area contributed by atoms with Crippen LogP contribution in [0.1, 0.15) is 49.7 Å². The molecule has 0 saturated heterocycles. The third-order valence-corrected chi connectivity index (χ3v) is 4.48. The van der Waals surface area contributed by atoms with E-state index in [2.05, 4.69) is 37.2 Å². The van der Waals surface area contributed by atoms with E-state index >= 15 is 0 Å². The van der Waals surface area contributed by atoms with Crippen molar-refractivity contribution in [3.63, 3.8) is 0 Å². The maximum atomic E-state index is 5.88. The predicted octanol–water partition coefficient (Wildman–Crippen LogP) is 3.32. The zero-order valence-electron chi connectivity index (χ0n) is 12.8. The first kappa shape index (κ1) is 14.6. The van der Waals surface area contributed by atoms with Gasteiger partial charge in [-0.25, -0.2) is 0 Å². The molecule has 1 aromatic heterocycles. The van der Waals surface area contributed by atoms with Crippen LogP contribution in [0.5, 0.6) is 0 Å². The van der Waals surface area contributed by atoms with Crippen LogP contribution in [0.2, 0.25) is 0 Å². The highest BCUT2D eigenvalue weighted by atomic mass is 16.3. The van der Waals surface area contributed by atoms with Gasteiger partial charge in [0, 0.05) is 18.2 Å². The summed E-state index contributed by atoms with van der Waals surface area (Å²) in [5.74, 6) is 2.96. The lowest BCUT2D eigenvalue weighted by Gasteiger charge is -2.35. The van der Waals surface area contributed by atoms with Crippen molar-refractivity contribution in [1.29, 1.82) is 0 Å². The van der Waals surface area contributed by atoms with Crippen LogP contribution < -0.4 is 5.32 Å². The average Bonchev–Trinajstić information content (AvgIpc) is 2.70. The molecule has 1 heterocycles. The maximum Gasteiger partial charge on any atom is 0.118 e. The van der Waals surface area contributed by atoms with Gasteiger partial charge in [0.15, 0.2) is 0 Å². The van der Waals surface area contributed by atoms with Crippen molar-refractivity contribution in [1.82, 2.24) is 10.2 Å². The van der Waals surface area contributed by atoms with Crippen LogP contribution in [0.15, 0.2) is 10.5 Å². The Hall–Kier alpha value is -0.800. The molecule has 1 N–H and O–H groups in total. The van der Waals surface area contributed by atoms with Crippen LogP contribution in [-0.4, -0.2) is 25.0 Å². The molecule has 19 heavy (non-hydrogen) atoms. The fourth-order valence-electron chi connectivity index (χ4n) is 3.35. The molecule has 0 amide bonds. The molecule has 0 aromatic carbocycles. The standard InChI is InChI=1S/C16H28N2O/c1-12-7-5-6-8-16(12)18(4)11-15-9-14(10-17-3)13(2)19-15/h9,12,16-17H,5-8,10-11H2,1-4H3. The van der Waals surface area contributed by atoms with Crippen LogP contribution in [0.4, 0.5) is 0 Å². The molecule has 0 radical (unpaired) electrons. The van der Waals surface area contributed by atoms with Crippen LogP contribution in [0, 0.1) is 12.8 Å². The van der Waals surface area contributed by atoms with Crippen molar-refractivity contribution in [2.24, 2.45) is 5.92 Å². The molecule has 2 atom stereocenters. The van der Waals surface area contributed by atoms with Crippen LogP contribution in [-0.2, 0) is 13.1 Å². The van der Waals surface area contributed by atoms with Gasteiger partial charge < -0.3 is 9.73 Å². The minimum Gasteiger partial charge on any atom is -0.465 e. The number of aryl methyl sites for hydroxylation is 1. The average molecular weight is 264 g/mol. The van der Waals surface area contributed by atoms with Gasteiger partial charge in [-0.15, -0.1) is 0 Å². The fraction of sp³-hybridized carbons (Fsp3) is 0.750. The van der Waals surface area contributed by atoms with E-state index in [4.69, 9.17) is 4.42 Å². The molecular weight excluding hydrogens is 236 g/mol. The van der Waals surface area contributed by atoms with Gasteiger partial charge in [-0.1, -0.05) is 19.8 Å². The smallest absolute Gasteiger partial charge is 0.118 e.